The first-order valence-corrected chi connectivity index (χ1v) is 7.13. The molecular formula is C16H19N3O5. The lowest BCUT2D eigenvalue weighted by molar-refractivity contribution is -0.154. The van der Waals surface area contributed by atoms with E-state index in [0.717, 1.165) is 0 Å². The smallest absolute Gasteiger partial charge is 0.347 e. The molecule has 0 aliphatic rings. The molecule has 1 aromatic carbocycles. The van der Waals surface area contributed by atoms with Gasteiger partial charge in [0.25, 0.3) is 5.91 Å². The average Bonchev–Trinajstić information content (AvgIpc) is 2.57. The number of nitriles is 1. The second-order valence-corrected chi connectivity index (χ2v) is 5.07. The summed E-state index contributed by atoms with van der Waals surface area (Å²) in [6.07, 6.45) is -0.922. The Morgan fingerprint density at radius 1 is 1.25 bits per heavy atom. The highest BCUT2D eigenvalue weighted by Gasteiger charge is 2.18. The second kappa shape index (κ2) is 9.15. The molecule has 0 fully saturated rings. The van der Waals surface area contributed by atoms with Gasteiger partial charge in [0.15, 0.2) is 12.7 Å². The van der Waals surface area contributed by atoms with Crippen molar-refractivity contribution in [1.82, 2.24) is 10.2 Å². The Morgan fingerprint density at radius 2 is 1.88 bits per heavy atom. The molecule has 1 N–H and O–H groups in total. The van der Waals surface area contributed by atoms with Gasteiger partial charge in [-0.1, -0.05) is 0 Å². The molecule has 8 nitrogen and oxygen atoms in total. The largest absolute Gasteiger partial charge is 0.479 e. The number of benzene rings is 1. The number of likely N-dealkylation sites (N-methyl/N-ethyl adjacent to an activating group) is 1. The number of ether oxygens (including phenoxy) is 2. The van der Waals surface area contributed by atoms with Gasteiger partial charge >= 0.3 is 5.97 Å². The summed E-state index contributed by atoms with van der Waals surface area (Å²) in [4.78, 5) is 35.9. The van der Waals surface area contributed by atoms with Crippen LogP contribution in [0.15, 0.2) is 24.3 Å². The number of hydrogen-bond acceptors (Lipinski definition) is 6. The maximum Gasteiger partial charge on any atom is 0.347 e. The van der Waals surface area contributed by atoms with Crippen molar-refractivity contribution in [2.45, 2.75) is 13.0 Å². The van der Waals surface area contributed by atoms with Crippen LogP contribution >= 0.6 is 0 Å². The van der Waals surface area contributed by atoms with E-state index >= 15 is 0 Å². The van der Waals surface area contributed by atoms with Gasteiger partial charge in [-0.15, -0.1) is 0 Å². The molecule has 0 heterocycles. The maximum atomic E-state index is 11.8. The van der Waals surface area contributed by atoms with Crippen molar-refractivity contribution in [2.75, 3.05) is 27.2 Å². The second-order valence-electron chi connectivity index (χ2n) is 5.07. The Hall–Kier alpha value is -3.08. The minimum absolute atomic E-state index is 0.166. The van der Waals surface area contributed by atoms with E-state index in [0.29, 0.717) is 11.3 Å². The summed E-state index contributed by atoms with van der Waals surface area (Å²) in [6.45, 7) is 0.815. The van der Waals surface area contributed by atoms with E-state index in [1.807, 2.05) is 6.07 Å². The predicted molar refractivity (Wildman–Crippen MR) is 83.9 cm³/mol. The molecule has 0 saturated heterocycles. The first-order chi connectivity index (χ1) is 11.3. The van der Waals surface area contributed by atoms with E-state index in [1.54, 1.807) is 38.4 Å². The van der Waals surface area contributed by atoms with Gasteiger partial charge in [0.1, 0.15) is 5.75 Å². The fourth-order valence-electron chi connectivity index (χ4n) is 1.50. The highest BCUT2D eigenvalue weighted by molar-refractivity contribution is 5.86. The molecule has 0 unspecified atom stereocenters. The van der Waals surface area contributed by atoms with Crippen LogP contribution in [0.25, 0.3) is 0 Å². The number of amides is 2. The molecule has 8 heteroatoms. The van der Waals surface area contributed by atoms with Gasteiger partial charge in [0.05, 0.1) is 18.2 Å². The van der Waals surface area contributed by atoms with Crippen LogP contribution in [0.2, 0.25) is 0 Å². The minimum atomic E-state index is -0.922. The van der Waals surface area contributed by atoms with Crippen molar-refractivity contribution in [3.8, 4) is 11.8 Å². The Bertz CT molecular complexity index is 634. The van der Waals surface area contributed by atoms with Crippen molar-refractivity contribution in [3.63, 3.8) is 0 Å². The fourth-order valence-corrected chi connectivity index (χ4v) is 1.50. The Balaban J connectivity index is 2.37. The lowest BCUT2D eigenvalue weighted by Crippen LogP contribution is -2.39. The molecule has 1 rings (SSSR count). The van der Waals surface area contributed by atoms with Crippen LogP contribution in [0.4, 0.5) is 0 Å². The average molecular weight is 333 g/mol. The molecule has 24 heavy (non-hydrogen) atoms. The van der Waals surface area contributed by atoms with Gasteiger partial charge in [-0.3, -0.25) is 9.59 Å². The number of rotatable bonds is 7. The van der Waals surface area contributed by atoms with Crippen LogP contribution in [0.1, 0.15) is 12.5 Å². The molecular weight excluding hydrogens is 314 g/mol. The Kier molecular flexibility index (Phi) is 7.23. The first-order valence-electron chi connectivity index (χ1n) is 7.13. The van der Waals surface area contributed by atoms with Crippen molar-refractivity contribution < 1.29 is 23.9 Å². The van der Waals surface area contributed by atoms with E-state index in [9.17, 15) is 14.4 Å². The number of esters is 1. The molecule has 0 radical (unpaired) electrons. The van der Waals surface area contributed by atoms with Gasteiger partial charge in [0.2, 0.25) is 5.91 Å². The van der Waals surface area contributed by atoms with Crippen molar-refractivity contribution in [3.05, 3.63) is 29.8 Å². The molecule has 0 aliphatic heterocycles. The van der Waals surface area contributed by atoms with Crippen LogP contribution in [0, 0.1) is 11.3 Å². The van der Waals surface area contributed by atoms with Gasteiger partial charge in [-0.2, -0.15) is 5.26 Å². The summed E-state index contributed by atoms with van der Waals surface area (Å²) >= 11 is 0. The van der Waals surface area contributed by atoms with Crippen LogP contribution in [-0.2, 0) is 19.1 Å². The summed E-state index contributed by atoms with van der Waals surface area (Å²) in [5, 5.41) is 11.0. The summed E-state index contributed by atoms with van der Waals surface area (Å²) in [5.41, 5.74) is 0.474. The molecule has 2 amide bonds. The predicted octanol–water partition coefficient (Wildman–Crippen LogP) is 0.0732. The minimum Gasteiger partial charge on any atom is -0.479 e. The topological polar surface area (TPSA) is 109 Å². The number of carbonyl (C=O) groups is 3. The van der Waals surface area contributed by atoms with Crippen LogP contribution in [-0.4, -0.2) is 56.0 Å². The van der Waals surface area contributed by atoms with Gasteiger partial charge in [0, 0.05) is 14.1 Å². The zero-order chi connectivity index (χ0) is 18.1. The number of carbonyl (C=O) groups excluding carboxylic acids is 3. The van der Waals surface area contributed by atoms with Crippen LogP contribution in [0.5, 0.6) is 5.75 Å². The summed E-state index contributed by atoms with van der Waals surface area (Å²) in [7, 11) is 3.13. The molecule has 0 aromatic heterocycles. The van der Waals surface area contributed by atoms with Crippen LogP contribution < -0.4 is 10.1 Å². The molecule has 0 saturated carbocycles. The lowest BCUT2D eigenvalue weighted by atomic mass is 10.2. The van der Waals surface area contributed by atoms with E-state index in [4.69, 9.17) is 14.7 Å². The standard InChI is InChI=1S/C16H19N3O5/c1-11(24-13-6-4-12(8-17)5-7-13)16(22)23-10-14(20)18-9-15(21)19(2)3/h4-7,11H,9-10H2,1-3H3,(H,18,20)/t11-/m0/s1. The van der Waals surface area contributed by atoms with Gasteiger partial charge in [-0.25, -0.2) is 4.79 Å². The summed E-state index contributed by atoms with van der Waals surface area (Å²) in [6, 6.07) is 8.20. The molecule has 128 valence electrons. The SMILES string of the molecule is C[C@H](Oc1ccc(C#N)cc1)C(=O)OCC(=O)NCC(=O)N(C)C. The van der Waals surface area contributed by atoms with Crippen LogP contribution in [0.3, 0.4) is 0 Å². The van der Waals surface area contributed by atoms with Crippen molar-refractivity contribution in [2.24, 2.45) is 0 Å². The Morgan fingerprint density at radius 3 is 2.42 bits per heavy atom. The van der Waals surface area contributed by atoms with Crippen molar-refractivity contribution in [1.29, 1.82) is 5.26 Å². The highest BCUT2D eigenvalue weighted by atomic mass is 16.6. The molecule has 0 bridgehead atoms. The third kappa shape index (κ3) is 6.36. The number of nitrogens with zero attached hydrogens (tertiary/aromatic N) is 2. The van der Waals surface area contributed by atoms with Gasteiger partial charge in [-0.05, 0) is 31.2 Å². The first kappa shape index (κ1) is 19.0. The molecule has 1 aromatic rings. The highest BCUT2D eigenvalue weighted by Crippen LogP contribution is 2.13. The van der Waals surface area contributed by atoms with E-state index in [-0.39, 0.29) is 12.5 Å². The van der Waals surface area contributed by atoms with E-state index in [1.165, 1.54) is 11.8 Å². The number of hydrogen-bond donors (Lipinski definition) is 1. The molecule has 1 atom stereocenters. The fraction of sp³-hybridized carbons (Fsp3) is 0.375. The lowest BCUT2D eigenvalue weighted by Gasteiger charge is -2.14. The molecule has 0 aliphatic carbocycles. The normalized spacial score (nSPS) is 10.9. The van der Waals surface area contributed by atoms with E-state index in [2.05, 4.69) is 5.32 Å². The quantitative estimate of drug-likeness (QED) is 0.708. The third-order valence-electron chi connectivity index (χ3n) is 2.91. The summed E-state index contributed by atoms with van der Waals surface area (Å²) in [5.74, 6) is -1.16. The Labute approximate surface area is 139 Å². The third-order valence-corrected chi connectivity index (χ3v) is 2.91. The number of nitrogens with one attached hydrogen (secondary N) is 1. The summed E-state index contributed by atoms with van der Waals surface area (Å²) < 4.78 is 10.2. The molecule has 0 spiro atoms. The maximum absolute atomic E-state index is 11.8. The van der Waals surface area contributed by atoms with E-state index < -0.39 is 24.6 Å². The zero-order valence-electron chi connectivity index (χ0n) is 13.7. The zero-order valence-corrected chi connectivity index (χ0v) is 13.7. The van der Waals surface area contributed by atoms with Gasteiger partial charge < -0.3 is 19.7 Å². The monoisotopic (exact) mass is 333 g/mol. The van der Waals surface area contributed by atoms with Crippen molar-refractivity contribution >= 4 is 17.8 Å².